The molecule has 1 aromatic heterocycles. The van der Waals surface area contributed by atoms with E-state index in [2.05, 4.69) is 15.3 Å². The Morgan fingerprint density at radius 1 is 1.19 bits per heavy atom. The first kappa shape index (κ1) is 14.4. The monoisotopic (exact) mass is 323 g/mol. The van der Waals surface area contributed by atoms with Gasteiger partial charge in [0.2, 0.25) is 5.88 Å². The minimum atomic E-state index is 0.456. The summed E-state index contributed by atoms with van der Waals surface area (Å²) in [5.74, 6) is 3.20. The first-order chi connectivity index (χ1) is 10.2. The van der Waals surface area contributed by atoms with E-state index in [1.54, 1.807) is 24.3 Å². The molecule has 0 aliphatic heterocycles. The van der Waals surface area contributed by atoms with Crippen molar-refractivity contribution in [2.75, 3.05) is 11.9 Å². The van der Waals surface area contributed by atoms with E-state index < -0.39 is 0 Å². The number of nitrogens with one attached hydrogen (secondary N) is 1. The lowest BCUT2D eigenvalue weighted by atomic mass is 10.3. The Balaban J connectivity index is 1.87. The van der Waals surface area contributed by atoms with Gasteiger partial charge in [-0.2, -0.15) is 4.98 Å². The second-order valence-corrected chi connectivity index (χ2v) is 5.75. The van der Waals surface area contributed by atoms with Crippen molar-refractivity contribution in [3.05, 3.63) is 40.1 Å². The van der Waals surface area contributed by atoms with E-state index in [1.807, 2.05) is 6.92 Å². The molecule has 1 aromatic carbocycles. The van der Waals surface area contributed by atoms with Gasteiger partial charge in [-0.25, -0.2) is 4.98 Å². The van der Waals surface area contributed by atoms with E-state index in [1.165, 1.54) is 0 Å². The molecule has 6 heteroatoms. The van der Waals surface area contributed by atoms with Gasteiger partial charge in [-0.3, -0.25) is 0 Å². The minimum Gasteiger partial charge on any atom is -0.439 e. The summed E-state index contributed by atoms with van der Waals surface area (Å²) >= 11 is 11.9. The fourth-order valence-corrected chi connectivity index (χ4v) is 2.24. The van der Waals surface area contributed by atoms with Gasteiger partial charge in [-0.1, -0.05) is 23.2 Å². The first-order valence-corrected chi connectivity index (χ1v) is 7.67. The van der Waals surface area contributed by atoms with Crippen LogP contribution in [0.1, 0.15) is 31.5 Å². The summed E-state index contributed by atoms with van der Waals surface area (Å²) in [5, 5.41) is 4.15. The largest absolute Gasteiger partial charge is 0.439 e. The third-order valence-corrected chi connectivity index (χ3v) is 3.87. The Bertz CT molecular complexity index is 659. The summed E-state index contributed by atoms with van der Waals surface area (Å²) < 4.78 is 5.79. The summed E-state index contributed by atoms with van der Waals surface area (Å²) in [6.07, 6.45) is 2.28. The third-order valence-electron chi connectivity index (χ3n) is 3.13. The Hall–Kier alpha value is -1.52. The predicted octanol–water partition coefficient (Wildman–Crippen LogP) is 4.88. The lowest BCUT2D eigenvalue weighted by Crippen LogP contribution is -2.04. The molecule has 0 bridgehead atoms. The maximum absolute atomic E-state index is 6.00. The van der Waals surface area contributed by atoms with Crippen molar-refractivity contribution >= 4 is 29.0 Å². The molecule has 1 fully saturated rings. The quantitative estimate of drug-likeness (QED) is 0.851. The summed E-state index contributed by atoms with van der Waals surface area (Å²) in [7, 11) is 0. The van der Waals surface area contributed by atoms with E-state index >= 15 is 0 Å². The van der Waals surface area contributed by atoms with Gasteiger partial charge in [0, 0.05) is 24.6 Å². The van der Waals surface area contributed by atoms with Crippen LogP contribution in [0, 0.1) is 0 Å². The topological polar surface area (TPSA) is 47.0 Å². The molecule has 110 valence electrons. The molecule has 4 nitrogen and oxygen atoms in total. The van der Waals surface area contributed by atoms with Crippen LogP contribution in [0.25, 0.3) is 0 Å². The second-order valence-electron chi connectivity index (χ2n) is 4.93. The van der Waals surface area contributed by atoms with Crippen LogP contribution in [-0.4, -0.2) is 16.5 Å². The SMILES string of the molecule is CCNc1cc(Oc2ccc(Cl)c(Cl)c2)nc(C2CC2)n1. The molecule has 1 aliphatic rings. The van der Waals surface area contributed by atoms with E-state index in [-0.39, 0.29) is 0 Å². The third kappa shape index (κ3) is 3.57. The lowest BCUT2D eigenvalue weighted by Gasteiger charge is -2.10. The smallest absolute Gasteiger partial charge is 0.224 e. The molecular formula is C15H15Cl2N3O. The number of benzene rings is 1. The van der Waals surface area contributed by atoms with Gasteiger partial charge in [-0.05, 0) is 31.9 Å². The second kappa shape index (κ2) is 6.08. The molecule has 0 saturated heterocycles. The molecule has 0 unspecified atom stereocenters. The summed E-state index contributed by atoms with van der Waals surface area (Å²) in [6, 6.07) is 6.93. The van der Waals surface area contributed by atoms with Crippen molar-refractivity contribution < 1.29 is 4.74 Å². The van der Waals surface area contributed by atoms with Gasteiger partial charge in [-0.15, -0.1) is 0 Å². The maximum Gasteiger partial charge on any atom is 0.224 e. The van der Waals surface area contributed by atoms with Crippen LogP contribution in [0.5, 0.6) is 11.6 Å². The highest BCUT2D eigenvalue weighted by Crippen LogP contribution is 2.39. The molecule has 2 aromatic rings. The fraction of sp³-hybridized carbons (Fsp3) is 0.333. The maximum atomic E-state index is 6.00. The van der Waals surface area contributed by atoms with Crippen LogP contribution < -0.4 is 10.1 Å². The van der Waals surface area contributed by atoms with E-state index in [0.717, 1.165) is 31.0 Å². The number of halogens is 2. The lowest BCUT2D eigenvalue weighted by molar-refractivity contribution is 0.459. The van der Waals surface area contributed by atoms with E-state index in [4.69, 9.17) is 27.9 Å². The van der Waals surface area contributed by atoms with Crippen molar-refractivity contribution in [1.82, 2.24) is 9.97 Å². The first-order valence-electron chi connectivity index (χ1n) is 6.91. The average molecular weight is 324 g/mol. The van der Waals surface area contributed by atoms with Crippen LogP contribution in [0.15, 0.2) is 24.3 Å². The molecule has 1 saturated carbocycles. The van der Waals surface area contributed by atoms with Crippen molar-refractivity contribution in [2.45, 2.75) is 25.7 Å². The highest BCUT2D eigenvalue weighted by Gasteiger charge is 2.27. The van der Waals surface area contributed by atoms with E-state index in [0.29, 0.717) is 27.6 Å². The minimum absolute atomic E-state index is 0.456. The molecule has 1 N–H and O–H groups in total. The van der Waals surface area contributed by atoms with Crippen LogP contribution in [0.2, 0.25) is 10.0 Å². The van der Waals surface area contributed by atoms with Gasteiger partial charge in [0.05, 0.1) is 10.0 Å². The number of hydrogen-bond donors (Lipinski definition) is 1. The molecule has 1 aliphatic carbocycles. The summed E-state index contributed by atoms with van der Waals surface area (Å²) in [5.41, 5.74) is 0. The predicted molar refractivity (Wildman–Crippen MR) is 84.7 cm³/mol. The standard InChI is InChI=1S/C15H15Cl2N3O/c1-2-18-13-8-14(20-15(19-13)9-3-4-9)21-10-5-6-11(16)12(17)7-10/h5-9H,2-4H2,1H3,(H,18,19,20). The molecule has 0 amide bonds. The van der Waals surface area contributed by atoms with Crippen LogP contribution >= 0.6 is 23.2 Å². The number of anilines is 1. The fourth-order valence-electron chi connectivity index (χ4n) is 1.95. The van der Waals surface area contributed by atoms with Gasteiger partial charge < -0.3 is 10.1 Å². The van der Waals surface area contributed by atoms with Gasteiger partial charge in [0.15, 0.2) is 0 Å². The Morgan fingerprint density at radius 3 is 2.67 bits per heavy atom. The Morgan fingerprint density at radius 2 is 2.00 bits per heavy atom. The van der Waals surface area contributed by atoms with Gasteiger partial charge in [0.1, 0.15) is 17.4 Å². The number of nitrogens with zero attached hydrogens (tertiary/aromatic N) is 2. The van der Waals surface area contributed by atoms with Crippen molar-refractivity contribution in [3.8, 4) is 11.6 Å². The van der Waals surface area contributed by atoms with Crippen molar-refractivity contribution in [3.63, 3.8) is 0 Å². The molecule has 21 heavy (non-hydrogen) atoms. The zero-order chi connectivity index (χ0) is 14.8. The molecule has 0 radical (unpaired) electrons. The van der Waals surface area contributed by atoms with Gasteiger partial charge >= 0.3 is 0 Å². The number of ether oxygens (including phenoxy) is 1. The Labute approximate surface area is 133 Å². The van der Waals surface area contributed by atoms with Crippen molar-refractivity contribution in [2.24, 2.45) is 0 Å². The van der Waals surface area contributed by atoms with Crippen LogP contribution in [0.4, 0.5) is 5.82 Å². The number of rotatable bonds is 5. The molecule has 3 rings (SSSR count). The highest BCUT2D eigenvalue weighted by molar-refractivity contribution is 6.42. The highest BCUT2D eigenvalue weighted by atomic mass is 35.5. The number of hydrogen-bond acceptors (Lipinski definition) is 4. The van der Waals surface area contributed by atoms with Crippen LogP contribution in [-0.2, 0) is 0 Å². The zero-order valence-corrected chi connectivity index (χ0v) is 13.1. The molecule has 1 heterocycles. The molecule has 0 atom stereocenters. The van der Waals surface area contributed by atoms with Crippen molar-refractivity contribution in [1.29, 1.82) is 0 Å². The summed E-state index contributed by atoms with van der Waals surface area (Å²) in [6.45, 7) is 2.83. The molecular weight excluding hydrogens is 309 g/mol. The Kier molecular flexibility index (Phi) is 4.17. The van der Waals surface area contributed by atoms with Gasteiger partial charge in [0.25, 0.3) is 0 Å². The normalized spacial score (nSPS) is 14.0. The molecule has 0 spiro atoms. The van der Waals surface area contributed by atoms with E-state index in [9.17, 15) is 0 Å². The summed E-state index contributed by atoms with van der Waals surface area (Å²) in [4.78, 5) is 8.98. The number of aromatic nitrogens is 2. The zero-order valence-electron chi connectivity index (χ0n) is 11.6. The van der Waals surface area contributed by atoms with Crippen LogP contribution in [0.3, 0.4) is 0 Å². The average Bonchev–Trinajstić information content (AvgIpc) is 3.28.